The zero-order valence-electron chi connectivity index (χ0n) is 12.3. The van der Waals surface area contributed by atoms with Crippen LogP contribution >= 0.6 is 0 Å². The van der Waals surface area contributed by atoms with Crippen molar-refractivity contribution in [2.24, 2.45) is 5.92 Å². The Bertz CT molecular complexity index is 470. The van der Waals surface area contributed by atoms with E-state index in [1.807, 2.05) is 4.68 Å². The van der Waals surface area contributed by atoms with E-state index in [0.29, 0.717) is 11.8 Å². The Hall–Kier alpha value is -1.23. The summed E-state index contributed by atoms with van der Waals surface area (Å²) in [6, 6.07) is 0.441. The zero-order chi connectivity index (χ0) is 13.9. The van der Waals surface area contributed by atoms with E-state index in [1.165, 1.54) is 12.8 Å². The van der Waals surface area contributed by atoms with Gasteiger partial charge in [0.1, 0.15) is 17.9 Å². The molecule has 2 fully saturated rings. The summed E-state index contributed by atoms with van der Waals surface area (Å²) < 4.78 is 2.01. The van der Waals surface area contributed by atoms with E-state index in [-0.39, 0.29) is 5.92 Å². The molecule has 0 aromatic carbocycles. The van der Waals surface area contributed by atoms with Crippen LogP contribution in [0.25, 0.3) is 0 Å². The molecular weight excluding hydrogens is 252 g/mol. The van der Waals surface area contributed by atoms with Gasteiger partial charge < -0.3 is 0 Å². The first-order chi connectivity index (χ1) is 9.79. The van der Waals surface area contributed by atoms with Crippen molar-refractivity contribution in [1.82, 2.24) is 19.7 Å². The van der Waals surface area contributed by atoms with Gasteiger partial charge >= 0.3 is 0 Å². The summed E-state index contributed by atoms with van der Waals surface area (Å²) in [6.45, 7) is 5.01. The number of carbonyl (C=O) groups is 1. The second-order valence-electron chi connectivity index (χ2n) is 6.04. The molecule has 2 aliphatic rings. The van der Waals surface area contributed by atoms with Gasteiger partial charge in [-0.05, 0) is 38.6 Å². The number of rotatable bonds is 5. The molecule has 1 aromatic rings. The molecule has 1 saturated heterocycles. The summed E-state index contributed by atoms with van der Waals surface area (Å²) in [5.41, 5.74) is 0. The van der Waals surface area contributed by atoms with Crippen LogP contribution in [0.4, 0.5) is 0 Å². The largest absolute Gasteiger partial charge is 0.299 e. The maximum Gasteiger partial charge on any atom is 0.141 e. The molecule has 3 rings (SSSR count). The molecular formula is C15H24N4O. The third-order valence-electron chi connectivity index (χ3n) is 4.71. The smallest absolute Gasteiger partial charge is 0.141 e. The first-order valence-corrected chi connectivity index (χ1v) is 7.93. The van der Waals surface area contributed by atoms with Gasteiger partial charge in [-0.15, -0.1) is 0 Å². The Morgan fingerprint density at radius 2 is 2.25 bits per heavy atom. The molecule has 2 atom stereocenters. The van der Waals surface area contributed by atoms with Crippen molar-refractivity contribution in [2.45, 2.75) is 64.6 Å². The van der Waals surface area contributed by atoms with E-state index >= 15 is 0 Å². The van der Waals surface area contributed by atoms with E-state index < -0.39 is 0 Å². The predicted molar refractivity (Wildman–Crippen MR) is 76.1 cm³/mol. The van der Waals surface area contributed by atoms with E-state index in [9.17, 15) is 4.79 Å². The van der Waals surface area contributed by atoms with E-state index in [4.69, 9.17) is 0 Å². The van der Waals surface area contributed by atoms with Crippen LogP contribution in [0.1, 0.15) is 51.3 Å². The van der Waals surface area contributed by atoms with Crippen molar-refractivity contribution in [3.05, 3.63) is 12.2 Å². The lowest BCUT2D eigenvalue weighted by atomic mass is 9.95. The Morgan fingerprint density at radius 3 is 3.00 bits per heavy atom. The lowest BCUT2D eigenvalue weighted by molar-refractivity contribution is -0.122. The highest BCUT2D eigenvalue weighted by Gasteiger charge is 2.38. The number of ketones is 1. The summed E-state index contributed by atoms with van der Waals surface area (Å²) >= 11 is 0. The van der Waals surface area contributed by atoms with Crippen LogP contribution in [0, 0.1) is 5.92 Å². The SMILES string of the molecule is CCCn1ncnc1CN1CCCC1C1CCCC1=O. The fraction of sp³-hybridized carbons (Fsp3) is 0.800. The highest BCUT2D eigenvalue weighted by Crippen LogP contribution is 2.33. The van der Waals surface area contributed by atoms with Crippen LogP contribution in [0.15, 0.2) is 6.33 Å². The van der Waals surface area contributed by atoms with E-state index in [0.717, 1.165) is 51.1 Å². The minimum absolute atomic E-state index is 0.278. The van der Waals surface area contributed by atoms with Gasteiger partial charge in [-0.3, -0.25) is 9.69 Å². The molecule has 1 aliphatic carbocycles. The van der Waals surface area contributed by atoms with Crippen LogP contribution in [-0.4, -0.2) is 38.0 Å². The van der Waals surface area contributed by atoms with Crippen molar-refractivity contribution in [3.63, 3.8) is 0 Å². The maximum atomic E-state index is 12.0. The standard InChI is InChI=1S/C15H24N4O/c1-2-8-19-15(16-11-17-19)10-18-9-4-6-13(18)12-5-3-7-14(12)20/h11-13H,2-10H2,1H3. The minimum Gasteiger partial charge on any atom is -0.299 e. The fourth-order valence-corrected chi connectivity index (χ4v) is 3.74. The Morgan fingerprint density at radius 1 is 1.35 bits per heavy atom. The van der Waals surface area contributed by atoms with E-state index in [1.54, 1.807) is 6.33 Å². The quantitative estimate of drug-likeness (QED) is 0.825. The molecule has 2 unspecified atom stereocenters. The number of likely N-dealkylation sites (tertiary alicyclic amines) is 1. The number of nitrogens with zero attached hydrogens (tertiary/aromatic N) is 4. The van der Waals surface area contributed by atoms with Gasteiger partial charge in [0.15, 0.2) is 0 Å². The summed E-state index contributed by atoms with van der Waals surface area (Å²) in [7, 11) is 0. The molecule has 1 aliphatic heterocycles. The Balaban J connectivity index is 1.69. The molecule has 0 amide bonds. The first-order valence-electron chi connectivity index (χ1n) is 7.93. The minimum atomic E-state index is 0.278. The van der Waals surface area contributed by atoms with Gasteiger partial charge in [-0.2, -0.15) is 5.10 Å². The number of hydrogen-bond acceptors (Lipinski definition) is 4. The molecule has 0 N–H and O–H groups in total. The normalized spacial score (nSPS) is 27.6. The second-order valence-corrected chi connectivity index (χ2v) is 6.04. The van der Waals surface area contributed by atoms with Crippen LogP contribution in [0.3, 0.4) is 0 Å². The molecule has 0 spiro atoms. The van der Waals surface area contributed by atoms with Gasteiger partial charge in [0.2, 0.25) is 0 Å². The van der Waals surface area contributed by atoms with Crippen LogP contribution < -0.4 is 0 Å². The summed E-state index contributed by atoms with van der Waals surface area (Å²) in [6.07, 6.45) is 8.05. The average molecular weight is 276 g/mol. The molecule has 20 heavy (non-hydrogen) atoms. The maximum absolute atomic E-state index is 12.0. The van der Waals surface area contributed by atoms with Crippen molar-refractivity contribution in [1.29, 1.82) is 0 Å². The topological polar surface area (TPSA) is 51.0 Å². The number of aromatic nitrogens is 3. The monoisotopic (exact) mass is 276 g/mol. The summed E-state index contributed by atoms with van der Waals surface area (Å²) in [4.78, 5) is 18.9. The summed E-state index contributed by atoms with van der Waals surface area (Å²) in [5.74, 6) is 1.81. The lowest BCUT2D eigenvalue weighted by Gasteiger charge is -2.28. The molecule has 1 saturated carbocycles. The molecule has 5 nitrogen and oxygen atoms in total. The van der Waals surface area contributed by atoms with Crippen molar-refractivity contribution in [2.75, 3.05) is 6.54 Å². The Kier molecular flexibility index (Phi) is 4.15. The number of carbonyl (C=O) groups excluding carboxylic acids is 1. The zero-order valence-corrected chi connectivity index (χ0v) is 12.3. The van der Waals surface area contributed by atoms with Crippen molar-refractivity contribution < 1.29 is 4.79 Å². The third kappa shape index (κ3) is 2.64. The highest BCUT2D eigenvalue weighted by atomic mass is 16.1. The number of aryl methyl sites for hydroxylation is 1. The molecule has 0 radical (unpaired) electrons. The van der Waals surface area contributed by atoms with Crippen molar-refractivity contribution in [3.8, 4) is 0 Å². The third-order valence-corrected chi connectivity index (χ3v) is 4.71. The number of hydrogen-bond donors (Lipinski definition) is 0. The van der Waals surface area contributed by atoms with Crippen LogP contribution in [0.2, 0.25) is 0 Å². The Labute approximate surface area is 120 Å². The summed E-state index contributed by atoms with van der Waals surface area (Å²) in [5, 5.41) is 4.30. The van der Waals surface area contributed by atoms with Gasteiger partial charge in [-0.25, -0.2) is 9.67 Å². The first kappa shape index (κ1) is 13.7. The molecule has 110 valence electrons. The molecule has 5 heteroatoms. The predicted octanol–water partition coefficient (Wildman–Crippen LogP) is 2.02. The molecule has 0 bridgehead atoms. The van der Waals surface area contributed by atoms with Crippen molar-refractivity contribution >= 4 is 5.78 Å². The highest BCUT2D eigenvalue weighted by molar-refractivity contribution is 5.83. The van der Waals surface area contributed by atoms with Crippen LogP contribution in [-0.2, 0) is 17.9 Å². The van der Waals surface area contributed by atoms with Gasteiger partial charge in [-0.1, -0.05) is 6.92 Å². The van der Waals surface area contributed by atoms with Crippen LogP contribution in [0.5, 0.6) is 0 Å². The van der Waals surface area contributed by atoms with Gasteiger partial charge in [0, 0.05) is 24.9 Å². The lowest BCUT2D eigenvalue weighted by Crippen LogP contribution is -2.37. The van der Waals surface area contributed by atoms with Gasteiger partial charge in [0.05, 0.1) is 6.54 Å². The molecule has 2 heterocycles. The molecule has 1 aromatic heterocycles. The average Bonchev–Trinajstić information content (AvgIpc) is 3.13. The van der Waals surface area contributed by atoms with Gasteiger partial charge in [0.25, 0.3) is 0 Å². The number of Topliss-reactive ketones (excluding diaryl/α,β-unsaturated/α-hetero) is 1. The fourth-order valence-electron chi connectivity index (χ4n) is 3.74. The van der Waals surface area contributed by atoms with E-state index in [2.05, 4.69) is 21.9 Å². The second kappa shape index (κ2) is 6.04.